The van der Waals surface area contributed by atoms with Crippen molar-refractivity contribution in [3.8, 4) is 6.07 Å². The maximum Gasteiger partial charge on any atom is 0.417 e. The number of nitrogens with zero attached hydrogens (tertiary/aromatic N) is 3. The summed E-state index contributed by atoms with van der Waals surface area (Å²) in [7, 11) is 0. The van der Waals surface area contributed by atoms with Gasteiger partial charge in [0.1, 0.15) is 0 Å². The second-order valence-electron chi connectivity index (χ2n) is 9.85. The van der Waals surface area contributed by atoms with Gasteiger partial charge in [-0.2, -0.15) is 18.4 Å². The van der Waals surface area contributed by atoms with Crippen molar-refractivity contribution < 1.29 is 27.5 Å². The van der Waals surface area contributed by atoms with Crippen LogP contribution in [0.5, 0.6) is 0 Å². The average Bonchev–Trinajstić information content (AvgIpc) is 3.12. The van der Waals surface area contributed by atoms with E-state index in [1.54, 1.807) is 0 Å². The molecule has 10 heteroatoms. The van der Waals surface area contributed by atoms with Crippen LogP contribution in [-0.2, 0) is 20.5 Å². The summed E-state index contributed by atoms with van der Waals surface area (Å²) in [5.41, 5.74) is -3.70. The molecule has 4 rings (SSSR count). The molecule has 184 valence electrons. The second-order valence-corrected chi connectivity index (χ2v) is 10.6. The third-order valence-corrected chi connectivity index (χ3v) is 7.77. The van der Waals surface area contributed by atoms with Crippen LogP contribution in [0.1, 0.15) is 50.7 Å². The average molecular weight is 542 g/mol. The van der Waals surface area contributed by atoms with E-state index < -0.39 is 52.2 Å². The number of imide groups is 1. The molecule has 0 aromatic heterocycles. The summed E-state index contributed by atoms with van der Waals surface area (Å²) in [6, 6.07) is 4.47. The molecule has 34 heavy (non-hydrogen) atoms. The number of carbonyl (C=O) groups is 2. The fourth-order valence-corrected chi connectivity index (χ4v) is 6.36. The fraction of sp³-hybridized carbons (Fsp3) is 0.625. The molecule has 3 aliphatic heterocycles. The molecule has 2 bridgehead atoms. The number of alkyl halides is 4. The number of fused-ring (bicyclic) bond motifs is 5. The van der Waals surface area contributed by atoms with Crippen LogP contribution in [0.15, 0.2) is 18.2 Å². The minimum Gasteiger partial charge on any atom is -0.365 e. The van der Waals surface area contributed by atoms with Gasteiger partial charge >= 0.3 is 6.18 Å². The quantitative estimate of drug-likeness (QED) is 0.288. The van der Waals surface area contributed by atoms with Gasteiger partial charge < -0.3 is 4.74 Å². The second kappa shape index (κ2) is 8.92. The van der Waals surface area contributed by atoms with Gasteiger partial charge in [-0.15, -0.1) is 0 Å². The number of likely N-dealkylation sites (tertiary alicyclic amines) is 1. The number of ether oxygens (including phenoxy) is 1. The topological polar surface area (TPSA) is 73.6 Å². The normalized spacial score (nSPS) is 31.1. The van der Waals surface area contributed by atoms with Crippen LogP contribution >= 0.6 is 15.9 Å². The van der Waals surface area contributed by atoms with Gasteiger partial charge in [0.05, 0.1) is 45.9 Å². The van der Waals surface area contributed by atoms with Gasteiger partial charge in [-0.3, -0.25) is 14.5 Å². The predicted molar refractivity (Wildman–Crippen MR) is 122 cm³/mol. The number of benzene rings is 1. The molecular weight excluding hydrogens is 515 g/mol. The number of hydrogen-bond donors (Lipinski definition) is 0. The molecule has 0 radical (unpaired) electrons. The molecule has 0 saturated carbocycles. The molecule has 0 spiro atoms. The number of carbonyl (C=O) groups excluding carboxylic acids is 2. The van der Waals surface area contributed by atoms with E-state index in [0.717, 1.165) is 54.6 Å². The number of unbranched alkanes of at least 4 members (excludes halogenated alkanes) is 3. The predicted octanol–water partition coefficient (Wildman–Crippen LogP) is 4.50. The lowest BCUT2D eigenvalue weighted by atomic mass is 9.79. The van der Waals surface area contributed by atoms with Crippen LogP contribution in [-0.4, -0.2) is 52.9 Å². The van der Waals surface area contributed by atoms with Crippen molar-refractivity contribution in [3.63, 3.8) is 0 Å². The summed E-state index contributed by atoms with van der Waals surface area (Å²) in [6.07, 6.45) is -0.433. The molecule has 1 unspecified atom stereocenters. The third kappa shape index (κ3) is 4.16. The van der Waals surface area contributed by atoms with Gasteiger partial charge in [0, 0.05) is 18.4 Å². The Labute approximate surface area is 205 Å². The number of nitriles is 1. The molecule has 3 fully saturated rings. The lowest BCUT2D eigenvalue weighted by molar-refractivity contribution is -0.169. The maximum atomic E-state index is 13.5. The Morgan fingerprint density at radius 2 is 1.68 bits per heavy atom. The Bertz CT molecular complexity index is 1010. The monoisotopic (exact) mass is 541 g/mol. The van der Waals surface area contributed by atoms with Gasteiger partial charge in [0.2, 0.25) is 11.8 Å². The highest BCUT2D eigenvalue weighted by Gasteiger charge is 2.71. The number of anilines is 1. The number of morpholine rings is 1. The minimum atomic E-state index is -4.78. The van der Waals surface area contributed by atoms with Crippen LogP contribution in [0.2, 0.25) is 0 Å². The van der Waals surface area contributed by atoms with Crippen molar-refractivity contribution >= 4 is 33.4 Å². The Morgan fingerprint density at radius 1 is 1.09 bits per heavy atom. The number of halogens is 4. The van der Waals surface area contributed by atoms with Gasteiger partial charge in [0.15, 0.2) is 0 Å². The largest absolute Gasteiger partial charge is 0.417 e. The molecule has 0 aliphatic carbocycles. The fourth-order valence-electron chi connectivity index (χ4n) is 5.96. The Hall–Kier alpha value is -1.96. The number of amides is 2. The molecule has 1 aromatic carbocycles. The molecule has 1 aromatic rings. The van der Waals surface area contributed by atoms with E-state index >= 15 is 0 Å². The SMILES string of the molecule is C[C@]12CN(CCCCCCBr)C[C@](C)(O1)C1C(=O)N(c3ccc(C#N)c(C(F)(F)F)c3)C(=O)[C@H]12. The summed E-state index contributed by atoms with van der Waals surface area (Å²) in [5, 5.41) is 10.0. The summed E-state index contributed by atoms with van der Waals surface area (Å²) in [5.74, 6) is -2.63. The molecule has 3 saturated heterocycles. The van der Waals surface area contributed by atoms with Crippen molar-refractivity contribution in [1.29, 1.82) is 5.26 Å². The van der Waals surface area contributed by atoms with Crippen LogP contribution in [0.25, 0.3) is 0 Å². The van der Waals surface area contributed by atoms with Crippen molar-refractivity contribution in [2.24, 2.45) is 11.8 Å². The van der Waals surface area contributed by atoms with E-state index in [0.29, 0.717) is 13.1 Å². The van der Waals surface area contributed by atoms with Crippen LogP contribution < -0.4 is 4.90 Å². The minimum absolute atomic E-state index is 0.162. The molecule has 3 aliphatic rings. The van der Waals surface area contributed by atoms with Crippen LogP contribution in [0.4, 0.5) is 18.9 Å². The summed E-state index contributed by atoms with van der Waals surface area (Å²) >= 11 is 3.43. The van der Waals surface area contributed by atoms with Crippen molar-refractivity contribution in [2.45, 2.75) is 56.9 Å². The van der Waals surface area contributed by atoms with E-state index in [4.69, 9.17) is 10.00 Å². The first-order valence-corrected chi connectivity index (χ1v) is 12.5. The van der Waals surface area contributed by atoms with Crippen molar-refractivity contribution in [3.05, 3.63) is 29.3 Å². The van der Waals surface area contributed by atoms with Gasteiger partial charge in [-0.25, -0.2) is 4.90 Å². The molecular formula is C24H27BrF3N3O3. The van der Waals surface area contributed by atoms with Gasteiger partial charge in [-0.05, 0) is 51.4 Å². The van der Waals surface area contributed by atoms with E-state index in [-0.39, 0.29) is 5.69 Å². The van der Waals surface area contributed by atoms with Gasteiger partial charge in [-0.1, -0.05) is 28.8 Å². The zero-order valence-corrected chi connectivity index (χ0v) is 20.7. The number of rotatable bonds is 7. The summed E-state index contributed by atoms with van der Waals surface area (Å²) in [6.45, 7) is 5.45. The lowest BCUT2D eigenvalue weighted by Gasteiger charge is -2.45. The van der Waals surface area contributed by atoms with E-state index in [1.807, 2.05) is 13.8 Å². The zero-order chi connectivity index (χ0) is 24.9. The molecule has 4 atom stereocenters. The number of hydrogen-bond acceptors (Lipinski definition) is 5. The molecule has 6 nitrogen and oxygen atoms in total. The molecule has 0 N–H and O–H groups in total. The Balaban J connectivity index is 1.59. The summed E-state index contributed by atoms with van der Waals surface area (Å²) < 4.78 is 46.8. The zero-order valence-electron chi connectivity index (χ0n) is 19.1. The first-order valence-electron chi connectivity index (χ1n) is 11.4. The van der Waals surface area contributed by atoms with Crippen molar-refractivity contribution in [1.82, 2.24) is 4.90 Å². The third-order valence-electron chi connectivity index (χ3n) is 7.21. The van der Waals surface area contributed by atoms with E-state index in [9.17, 15) is 22.8 Å². The molecule has 2 amide bonds. The molecule has 3 heterocycles. The first-order chi connectivity index (χ1) is 15.9. The standard InChI is InChI=1S/C24H27BrF3N3O3/c1-22-13-30(10-6-4-3-5-9-25)14-23(2,34-22)19-18(22)20(32)31(21(19)33)16-8-7-15(12-29)17(11-16)24(26,27)28/h7-8,11,18-19H,3-6,9-10,13-14H2,1-2H3/t18-,19?,22+,23-/m0/s1. The van der Waals surface area contributed by atoms with Crippen molar-refractivity contribution in [2.75, 3.05) is 29.9 Å². The Morgan fingerprint density at radius 3 is 2.21 bits per heavy atom. The highest BCUT2D eigenvalue weighted by Crippen LogP contribution is 2.55. The lowest BCUT2D eigenvalue weighted by Crippen LogP contribution is -2.58. The Kier molecular flexibility index (Phi) is 6.60. The van der Waals surface area contributed by atoms with Crippen LogP contribution in [0.3, 0.4) is 0 Å². The van der Waals surface area contributed by atoms with E-state index in [1.165, 1.54) is 12.1 Å². The smallest absolute Gasteiger partial charge is 0.365 e. The van der Waals surface area contributed by atoms with Crippen LogP contribution in [0, 0.1) is 23.2 Å². The van der Waals surface area contributed by atoms with E-state index in [2.05, 4.69) is 20.8 Å². The van der Waals surface area contributed by atoms with Gasteiger partial charge in [0.25, 0.3) is 0 Å². The highest BCUT2D eigenvalue weighted by atomic mass is 79.9. The highest BCUT2D eigenvalue weighted by molar-refractivity contribution is 9.09. The summed E-state index contributed by atoms with van der Waals surface area (Å²) in [4.78, 5) is 30.1. The maximum absolute atomic E-state index is 13.5. The first kappa shape index (κ1) is 25.1.